The van der Waals surface area contributed by atoms with Crippen LogP contribution in [0.2, 0.25) is 0 Å². The monoisotopic (exact) mass is 347 g/mol. The second-order valence-corrected chi connectivity index (χ2v) is 6.73. The number of nitrogens with zero attached hydrogens (tertiary/aromatic N) is 2. The van der Waals surface area contributed by atoms with Crippen LogP contribution >= 0.6 is 0 Å². The van der Waals surface area contributed by atoms with Crippen molar-refractivity contribution in [2.45, 2.75) is 12.8 Å². The van der Waals surface area contributed by atoms with Crippen molar-refractivity contribution in [1.29, 1.82) is 5.26 Å². The molecule has 0 saturated heterocycles. The maximum atomic E-state index is 9.97. The molecule has 2 aromatic carbocycles. The second-order valence-electron chi connectivity index (χ2n) is 6.73. The summed E-state index contributed by atoms with van der Waals surface area (Å²) in [7, 11) is 0. The van der Waals surface area contributed by atoms with Crippen molar-refractivity contribution in [1.82, 2.24) is 9.97 Å². The van der Waals surface area contributed by atoms with Gasteiger partial charge in [0, 0.05) is 33.6 Å². The molecule has 128 valence electrons. The predicted molar refractivity (Wildman–Crippen MR) is 110 cm³/mol. The van der Waals surface area contributed by atoms with Gasteiger partial charge >= 0.3 is 0 Å². The van der Waals surface area contributed by atoms with E-state index in [9.17, 15) is 5.26 Å². The number of pyridine rings is 1. The van der Waals surface area contributed by atoms with Crippen molar-refractivity contribution in [3.63, 3.8) is 0 Å². The van der Waals surface area contributed by atoms with Gasteiger partial charge in [-0.15, -0.1) is 0 Å². The number of aromatic amines is 1. The zero-order valence-electron chi connectivity index (χ0n) is 14.7. The first-order valence-electron chi connectivity index (χ1n) is 9.13. The summed E-state index contributed by atoms with van der Waals surface area (Å²) in [6, 6.07) is 18.6. The van der Waals surface area contributed by atoms with E-state index in [-0.39, 0.29) is 0 Å². The first-order chi connectivity index (χ1) is 13.4. The number of benzene rings is 2. The smallest absolute Gasteiger partial charge is 0.100 e. The highest BCUT2D eigenvalue weighted by Crippen LogP contribution is 2.40. The van der Waals surface area contributed by atoms with Crippen LogP contribution in [0.5, 0.6) is 0 Å². The van der Waals surface area contributed by atoms with Crippen molar-refractivity contribution in [2.75, 3.05) is 0 Å². The molecular formula is C24H17N3. The lowest BCUT2D eigenvalue weighted by Gasteiger charge is -2.12. The van der Waals surface area contributed by atoms with Gasteiger partial charge < -0.3 is 4.98 Å². The van der Waals surface area contributed by atoms with Crippen LogP contribution in [0.1, 0.15) is 24.1 Å². The van der Waals surface area contributed by atoms with Gasteiger partial charge in [-0.25, -0.2) is 0 Å². The predicted octanol–water partition coefficient (Wildman–Crippen LogP) is 5.99. The van der Waals surface area contributed by atoms with Gasteiger partial charge in [0.05, 0.1) is 16.8 Å². The third-order valence-corrected chi connectivity index (χ3v) is 5.16. The second kappa shape index (κ2) is 6.26. The Morgan fingerprint density at radius 2 is 1.85 bits per heavy atom. The number of hydrogen-bond donors (Lipinski definition) is 1. The molecule has 0 bridgehead atoms. The lowest BCUT2D eigenvalue weighted by Crippen LogP contribution is -1.93. The van der Waals surface area contributed by atoms with Crippen LogP contribution in [0.25, 0.3) is 38.5 Å². The number of nitrogens with one attached hydrogen (secondary N) is 1. The number of rotatable bonds is 2. The van der Waals surface area contributed by atoms with Gasteiger partial charge in [-0.3, -0.25) is 4.98 Å². The van der Waals surface area contributed by atoms with Crippen LogP contribution in [0.15, 0.2) is 73.0 Å². The largest absolute Gasteiger partial charge is 0.354 e. The van der Waals surface area contributed by atoms with E-state index in [1.807, 2.05) is 36.4 Å². The fourth-order valence-electron chi connectivity index (χ4n) is 3.92. The molecule has 4 aromatic rings. The van der Waals surface area contributed by atoms with Crippen LogP contribution < -0.4 is 0 Å². The number of nitriles is 1. The van der Waals surface area contributed by atoms with E-state index in [1.165, 1.54) is 5.57 Å². The first kappa shape index (κ1) is 15.6. The van der Waals surface area contributed by atoms with Gasteiger partial charge in [0.1, 0.15) is 6.07 Å². The number of aromatic nitrogens is 2. The van der Waals surface area contributed by atoms with E-state index in [4.69, 9.17) is 0 Å². The third-order valence-electron chi connectivity index (χ3n) is 5.16. The number of hydrogen-bond acceptors (Lipinski definition) is 2. The number of allylic oxidation sites excluding steroid dienone is 4. The van der Waals surface area contributed by atoms with Crippen molar-refractivity contribution >= 4 is 27.4 Å². The quantitative estimate of drug-likeness (QED) is 0.484. The van der Waals surface area contributed by atoms with Gasteiger partial charge in [-0.2, -0.15) is 5.26 Å². The number of H-pyrrole nitrogens is 1. The minimum atomic E-state index is 0.673. The molecule has 1 N–H and O–H groups in total. The zero-order chi connectivity index (χ0) is 18.2. The van der Waals surface area contributed by atoms with Crippen molar-refractivity contribution in [3.8, 4) is 17.2 Å². The zero-order valence-corrected chi connectivity index (χ0v) is 14.7. The summed E-state index contributed by atoms with van der Waals surface area (Å²) in [6.45, 7) is 0. The summed E-state index contributed by atoms with van der Waals surface area (Å²) >= 11 is 0. The van der Waals surface area contributed by atoms with E-state index >= 15 is 0 Å². The summed E-state index contributed by atoms with van der Waals surface area (Å²) < 4.78 is 0. The third kappa shape index (κ3) is 2.46. The SMILES string of the molecule is N#Cc1c(-c2c(C3=CCCC=C3)[nH]c3ccccc23)ccc2ncccc12. The summed E-state index contributed by atoms with van der Waals surface area (Å²) in [4.78, 5) is 7.99. The minimum absolute atomic E-state index is 0.673. The Labute approximate surface area is 157 Å². The average molecular weight is 347 g/mol. The summed E-state index contributed by atoms with van der Waals surface area (Å²) in [5.41, 5.74) is 6.89. The van der Waals surface area contributed by atoms with Crippen LogP contribution in [-0.4, -0.2) is 9.97 Å². The fourth-order valence-corrected chi connectivity index (χ4v) is 3.92. The molecule has 0 radical (unpaired) electrons. The molecule has 1 aliphatic carbocycles. The molecule has 3 heteroatoms. The number of fused-ring (bicyclic) bond motifs is 2. The van der Waals surface area contributed by atoms with Crippen molar-refractivity contribution in [2.24, 2.45) is 0 Å². The molecule has 0 saturated carbocycles. The van der Waals surface area contributed by atoms with Gasteiger partial charge in [0.2, 0.25) is 0 Å². The topological polar surface area (TPSA) is 52.5 Å². The van der Waals surface area contributed by atoms with E-state index in [0.717, 1.165) is 51.5 Å². The molecule has 1 aliphatic rings. The minimum Gasteiger partial charge on any atom is -0.354 e. The van der Waals surface area contributed by atoms with Gasteiger partial charge in [-0.05, 0) is 42.7 Å². The van der Waals surface area contributed by atoms with Gasteiger partial charge in [0.25, 0.3) is 0 Å². The molecule has 2 aromatic heterocycles. The van der Waals surface area contributed by atoms with Gasteiger partial charge in [0.15, 0.2) is 0 Å². The van der Waals surface area contributed by atoms with Gasteiger partial charge in [-0.1, -0.05) is 42.5 Å². The Kier molecular flexibility index (Phi) is 3.62. The Morgan fingerprint density at radius 1 is 0.963 bits per heavy atom. The molecule has 3 nitrogen and oxygen atoms in total. The lowest BCUT2D eigenvalue weighted by atomic mass is 9.91. The molecule has 0 unspecified atom stereocenters. The summed E-state index contributed by atoms with van der Waals surface area (Å²) in [5.74, 6) is 0. The maximum absolute atomic E-state index is 9.97. The van der Waals surface area contributed by atoms with Crippen LogP contribution in [-0.2, 0) is 0 Å². The van der Waals surface area contributed by atoms with Crippen LogP contribution in [0.4, 0.5) is 0 Å². The molecule has 0 spiro atoms. The lowest BCUT2D eigenvalue weighted by molar-refractivity contribution is 1.04. The van der Waals surface area contributed by atoms with E-state index < -0.39 is 0 Å². The molecule has 27 heavy (non-hydrogen) atoms. The highest BCUT2D eigenvalue weighted by molar-refractivity contribution is 6.06. The van der Waals surface area contributed by atoms with E-state index in [0.29, 0.717) is 5.56 Å². The Hall–Kier alpha value is -3.64. The Balaban J connectivity index is 1.88. The number of para-hydroxylation sites is 1. The van der Waals surface area contributed by atoms with Crippen LogP contribution in [0.3, 0.4) is 0 Å². The molecular weight excluding hydrogens is 330 g/mol. The maximum Gasteiger partial charge on any atom is 0.100 e. The standard InChI is InChI=1S/C24H17N3/c25-15-20-17-10-6-14-26-21(17)13-12-18(20)23-19-9-4-5-11-22(19)27-24(23)16-7-2-1-3-8-16/h2,4-14,27H,1,3H2. The molecule has 2 heterocycles. The Morgan fingerprint density at radius 3 is 2.70 bits per heavy atom. The van der Waals surface area contributed by atoms with Crippen molar-refractivity contribution < 1.29 is 0 Å². The first-order valence-corrected chi connectivity index (χ1v) is 9.13. The molecule has 0 fully saturated rings. The van der Waals surface area contributed by atoms with E-state index in [2.05, 4.69) is 46.4 Å². The van der Waals surface area contributed by atoms with Crippen molar-refractivity contribution in [3.05, 3.63) is 84.2 Å². The summed E-state index contributed by atoms with van der Waals surface area (Å²) in [5, 5.41) is 12.0. The molecule has 5 rings (SSSR count). The van der Waals surface area contributed by atoms with E-state index in [1.54, 1.807) is 6.20 Å². The summed E-state index contributed by atoms with van der Waals surface area (Å²) in [6.07, 6.45) is 10.5. The average Bonchev–Trinajstić information content (AvgIpc) is 3.13. The Bertz CT molecular complexity index is 1280. The normalized spacial score (nSPS) is 13.7. The molecule has 0 aliphatic heterocycles. The highest BCUT2D eigenvalue weighted by Gasteiger charge is 2.20. The fraction of sp³-hybridized carbons (Fsp3) is 0.0833. The highest BCUT2D eigenvalue weighted by atomic mass is 14.7. The van der Waals surface area contributed by atoms with Crippen LogP contribution in [0, 0.1) is 11.3 Å². The molecule has 0 amide bonds. The molecule has 0 atom stereocenters.